The number of rotatable bonds is 4. The van der Waals surface area contributed by atoms with Crippen molar-refractivity contribution in [3.63, 3.8) is 0 Å². The Hall–Kier alpha value is -2.26. The average Bonchev–Trinajstić information content (AvgIpc) is 3.02. The average molecular weight is 421 g/mol. The van der Waals surface area contributed by atoms with Crippen molar-refractivity contribution in [2.24, 2.45) is 0 Å². The second kappa shape index (κ2) is 7.63. The Morgan fingerprint density at radius 2 is 2.11 bits per heavy atom. The van der Waals surface area contributed by atoms with E-state index in [1.165, 1.54) is 22.3 Å². The van der Waals surface area contributed by atoms with Gasteiger partial charge in [0, 0.05) is 10.9 Å². The molecule has 2 aromatic heterocycles. The molecular formula is C19H17F2N3O2S2. The van der Waals surface area contributed by atoms with Gasteiger partial charge in [0.15, 0.2) is 5.16 Å². The van der Waals surface area contributed by atoms with Crippen LogP contribution in [0.3, 0.4) is 0 Å². The second-order valence-corrected chi connectivity index (χ2v) is 9.05. The van der Waals surface area contributed by atoms with Crippen molar-refractivity contribution >= 4 is 44.9 Å². The number of H-pyrrole nitrogens is 1. The van der Waals surface area contributed by atoms with Crippen molar-refractivity contribution < 1.29 is 13.6 Å². The van der Waals surface area contributed by atoms with Crippen LogP contribution in [0.15, 0.2) is 28.2 Å². The van der Waals surface area contributed by atoms with Crippen LogP contribution in [0.5, 0.6) is 0 Å². The molecule has 0 bridgehead atoms. The summed E-state index contributed by atoms with van der Waals surface area (Å²) in [6.07, 6.45) is 4.07. The van der Waals surface area contributed by atoms with Gasteiger partial charge in [0.05, 0.1) is 16.3 Å². The molecule has 1 aromatic carbocycles. The van der Waals surface area contributed by atoms with E-state index in [1.54, 1.807) is 6.92 Å². The van der Waals surface area contributed by atoms with E-state index in [1.807, 2.05) is 0 Å². The molecule has 9 heteroatoms. The largest absolute Gasteiger partial charge is 0.323 e. The molecule has 1 atom stereocenters. The Balaban J connectivity index is 1.54. The van der Waals surface area contributed by atoms with Gasteiger partial charge >= 0.3 is 0 Å². The molecule has 2 heterocycles. The number of hydrogen-bond donors (Lipinski definition) is 2. The van der Waals surface area contributed by atoms with Crippen LogP contribution in [0.1, 0.15) is 30.2 Å². The van der Waals surface area contributed by atoms with E-state index < -0.39 is 22.8 Å². The first kappa shape index (κ1) is 19.1. The number of halogens is 2. The Kier molecular flexibility index (Phi) is 5.20. The number of hydrogen-bond acceptors (Lipinski definition) is 5. The quantitative estimate of drug-likeness (QED) is 0.488. The van der Waals surface area contributed by atoms with Crippen LogP contribution in [0.4, 0.5) is 14.5 Å². The summed E-state index contributed by atoms with van der Waals surface area (Å²) in [5.41, 5.74) is 0.819. The maximum absolute atomic E-state index is 13.7. The molecule has 0 radical (unpaired) electrons. The second-order valence-electron chi connectivity index (χ2n) is 6.64. The zero-order valence-corrected chi connectivity index (χ0v) is 16.6. The number of carbonyl (C=O) groups excluding carboxylic acids is 1. The highest BCUT2D eigenvalue weighted by atomic mass is 32.2. The van der Waals surface area contributed by atoms with Crippen LogP contribution in [-0.2, 0) is 17.6 Å². The lowest BCUT2D eigenvalue weighted by Gasteiger charge is -2.12. The Labute approximate surface area is 167 Å². The van der Waals surface area contributed by atoms with Gasteiger partial charge in [-0.05, 0) is 50.3 Å². The summed E-state index contributed by atoms with van der Waals surface area (Å²) in [5, 5.41) is 2.80. The molecule has 0 saturated carbocycles. The monoisotopic (exact) mass is 421 g/mol. The summed E-state index contributed by atoms with van der Waals surface area (Å²) >= 11 is 2.63. The van der Waals surface area contributed by atoms with E-state index in [9.17, 15) is 18.4 Å². The van der Waals surface area contributed by atoms with Crippen molar-refractivity contribution in [3.05, 3.63) is 50.6 Å². The predicted octanol–water partition coefficient (Wildman–Crippen LogP) is 4.26. The summed E-state index contributed by atoms with van der Waals surface area (Å²) < 4.78 is 26.7. The summed E-state index contributed by atoms with van der Waals surface area (Å²) in [6, 6.07) is 2.95. The van der Waals surface area contributed by atoms with E-state index >= 15 is 0 Å². The number of nitrogens with one attached hydrogen (secondary N) is 2. The minimum Gasteiger partial charge on any atom is -0.323 e. The Morgan fingerprint density at radius 3 is 2.89 bits per heavy atom. The fourth-order valence-electron chi connectivity index (χ4n) is 3.25. The number of thiophene rings is 1. The summed E-state index contributed by atoms with van der Waals surface area (Å²) in [5.74, 6) is -2.03. The molecule has 0 spiro atoms. The summed E-state index contributed by atoms with van der Waals surface area (Å²) in [6.45, 7) is 1.63. The Morgan fingerprint density at radius 1 is 1.32 bits per heavy atom. The summed E-state index contributed by atoms with van der Waals surface area (Å²) in [7, 11) is 0. The molecule has 0 aliphatic heterocycles. The van der Waals surface area contributed by atoms with Crippen LogP contribution < -0.4 is 10.9 Å². The molecule has 28 heavy (non-hydrogen) atoms. The lowest BCUT2D eigenvalue weighted by atomic mass is 9.97. The fourth-order valence-corrected chi connectivity index (χ4v) is 5.36. The standard InChI is InChI=1S/C19H17F2N3O2S2/c1-9(16(25)22-13-7-6-10(20)8-12(13)21)27-19-23-17(26)15-11-4-2-3-5-14(11)28-18(15)24-19/h6-9H,2-5H2,1H3,(H,22,25)(H,23,24,26)/t9-/m0/s1. The van der Waals surface area contributed by atoms with Crippen molar-refractivity contribution in [1.82, 2.24) is 9.97 Å². The molecule has 0 unspecified atom stereocenters. The number of aromatic nitrogens is 2. The van der Waals surface area contributed by atoms with Crippen molar-refractivity contribution in [3.8, 4) is 0 Å². The highest BCUT2D eigenvalue weighted by Crippen LogP contribution is 2.34. The van der Waals surface area contributed by atoms with Gasteiger partial charge < -0.3 is 10.3 Å². The van der Waals surface area contributed by atoms with Crippen molar-refractivity contribution in [1.29, 1.82) is 0 Å². The minimum absolute atomic E-state index is 0.0957. The van der Waals surface area contributed by atoms with E-state index in [0.717, 1.165) is 49.1 Å². The molecule has 4 rings (SSSR count). The van der Waals surface area contributed by atoms with Gasteiger partial charge in [0.25, 0.3) is 5.56 Å². The molecule has 1 amide bonds. The molecular weight excluding hydrogens is 404 g/mol. The third kappa shape index (κ3) is 3.68. The number of nitrogens with zero attached hydrogens (tertiary/aromatic N) is 1. The SMILES string of the molecule is C[C@H](Sc1nc2sc3c(c2c(=O)[nH]1)CCCC3)C(=O)Nc1ccc(F)cc1F. The third-order valence-corrected chi connectivity index (χ3v) is 6.82. The first-order valence-corrected chi connectivity index (χ1v) is 10.6. The molecule has 0 saturated heterocycles. The lowest BCUT2D eigenvalue weighted by Crippen LogP contribution is -2.23. The predicted molar refractivity (Wildman–Crippen MR) is 107 cm³/mol. The lowest BCUT2D eigenvalue weighted by molar-refractivity contribution is -0.115. The Bertz CT molecular complexity index is 1130. The highest BCUT2D eigenvalue weighted by Gasteiger charge is 2.22. The van der Waals surface area contributed by atoms with Crippen molar-refractivity contribution in [2.75, 3.05) is 5.32 Å². The molecule has 3 aromatic rings. The fraction of sp³-hybridized carbons (Fsp3) is 0.316. The molecule has 2 N–H and O–H groups in total. The van der Waals surface area contributed by atoms with E-state index in [2.05, 4.69) is 15.3 Å². The van der Waals surface area contributed by atoms with Crippen LogP contribution >= 0.6 is 23.1 Å². The molecule has 0 fully saturated rings. The number of benzene rings is 1. The topological polar surface area (TPSA) is 74.8 Å². The summed E-state index contributed by atoms with van der Waals surface area (Å²) in [4.78, 5) is 34.1. The van der Waals surface area contributed by atoms with Crippen LogP contribution in [0.2, 0.25) is 0 Å². The van der Waals surface area contributed by atoms with Crippen molar-refractivity contribution in [2.45, 2.75) is 43.0 Å². The van der Waals surface area contributed by atoms with E-state index in [0.29, 0.717) is 21.4 Å². The van der Waals surface area contributed by atoms with Gasteiger partial charge in [0.2, 0.25) is 5.91 Å². The normalized spacial score (nSPS) is 14.7. The number of amides is 1. The van der Waals surface area contributed by atoms with Gasteiger partial charge in [0.1, 0.15) is 16.5 Å². The molecule has 1 aliphatic rings. The van der Waals surface area contributed by atoms with Crippen LogP contribution in [0.25, 0.3) is 10.2 Å². The van der Waals surface area contributed by atoms with E-state index in [4.69, 9.17) is 0 Å². The van der Waals surface area contributed by atoms with E-state index in [-0.39, 0.29) is 11.2 Å². The van der Waals surface area contributed by atoms with Gasteiger partial charge in [-0.3, -0.25) is 9.59 Å². The molecule has 1 aliphatic carbocycles. The minimum atomic E-state index is -0.845. The zero-order valence-electron chi connectivity index (χ0n) is 15.0. The number of thioether (sulfide) groups is 1. The van der Waals surface area contributed by atoms with Gasteiger partial charge in [-0.2, -0.15) is 0 Å². The van der Waals surface area contributed by atoms with Gasteiger partial charge in [-0.1, -0.05) is 11.8 Å². The zero-order chi connectivity index (χ0) is 19.8. The number of aromatic amines is 1. The van der Waals surface area contributed by atoms with Crippen LogP contribution in [-0.4, -0.2) is 21.1 Å². The number of carbonyl (C=O) groups is 1. The first-order valence-electron chi connectivity index (χ1n) is 8.89. The maximum atomic E-state index is 13.7. The molecule has 5 nitrogen and oxygen atoms in total. The first-order chi connectivity index (χ1) is 13.4. The third-order valence-electron chi connectivity index (χ3n) is 4.65. The van der Waals surface area contributed by atoms with Crippen LogP contribution in [0, 0.1) is 11.6 Å². The number of anilines is 1. The molecule has 146 valence electrons. The number of fused-ring (bicyclic) bond motifs is 3. The highest BCUT2D eigenvalue weighted by molar-refractivity contribution is 8.00. The van der Waals surface area contributed by atoms with Gasteiger partial charge in [-0.15, -0.1) is 11.3 Å². The van der Waals surface area contributed by atoms with Gasteiger partial charge in [-0.25, -0.2) is 13.8 Å². The smallest absolute Gasteiger partial charge is 0.260 e. The maximum Gasteiger partial charge on any atom is 0.260 e. The number of aryl methyl sites for hydroxylation is 2.